The smallest absolute Gasteiger partial charge is 0.240 e. The van der Waals surface area contributed by atoms with Crippen molar-refractivity contribution in [2.24, 2.45) is 5.10 Å². The molecule has 0 spiro atoms. The predicted molar refractivity (Wildman–Crippen MR) is 131 cm³/mol. The Labute approximate surface area is 197 Å². The summed E-state index contributed by atoms with van der Waals surface area (Å²) >= 11 is 1.63. The predicted octanol–water partition coefficient (Wildman–Crippen LogP) is 4.83. The van der Waals surface area contributed by atoms with Gasteiger partial charge in [-0.05, 0) is 31.2 Å². The fraction of sp³-hybridized carbons (Fsp3) is 0.320. The Morgan fingerprint density at radius 1 is 1.00 bits per heavy atom. The Hall–Kier alpha value is -3.23. The maximum atomic E-state index is 12.5. The zero-order chi connectivity index (χ0) is 23.6. The summed E-state index contributed by atoms with van der Waals surface area (Å²) in [6, 6.07) is 13.0. The number of nitrogens with one attached hydrogen (secondary N) is 1. The zero-order valence-electron chi connectivity index (χ0n) is 19.1. The second kappa shape index (κ2) is 12.1. The fourth-order valence-electron chi connectivity index (χ4n) is 3.33. The molecule has 3 aromatic rings. The molecular formula is C25H28N2O5S. The van der Waals surface area contributed by atoms with E-state index in [1.807, 2.05) is 30.5 Å². The lowest BCUT2D eigenvalue weighted by atomic mass is 10.1. The summed E-state index contributed by atoms with van der Waals surface area (Å²) < 4.78 is 17.1. The van der Waals surface area contributed by atoms with Crippen molar-refractivity contribution < 1.29 is 23.8 Å². The fourth-order valence-corrected chi connectivity index (χ4v) is 4.30. The monoisotopic (exact) mass is 468 g/mol. The normalized spacial score (nSPS) is 11.4. The van der Waals surface area contributed by atoms with Crippen LogP contribution in [-0.2, 0) is 9.53 Å². The maximum absolute atomic E-state index is 12.5. The number of benzene rings is 2. The number of hydrazone groups is 1. The first-order valence-electron chi connectivity index (χ1n) is 10.7. The van der Waals surface area contributed by atoms with Gasteiger partial charge in [0.15, 0.2) is 17.3 Å². The van der Waals surface area contributed by atoms with E-state index < -0.39 is 0 Å². The molecular weight excluding hydrogens is 440 g/mol. The van der Waals surface area contributed by atoms with Crippen molar-refractivity contribution in [2.45, 2.75) is 26.2 Å². The number of carbonyl (C=O) groups excluding carboxylic acids is 2. The third-order valence-electron chi connectivity index (χ3n) is 5.08. The molecule has 174 valence electrons. The first-order valence-corrected chi connectivity index (χ1v) is 11.6. The molecule has 2 aromatic carbocycles. The minimum atomic E-state index is -0.322. The molecule has 1 aromatic heterocycles. The van der Waals surface area contributed by atoms with E-state index in [2.05, 4.69) is 16.6 Å². The Morgan fingerprint density at radius 2 is 1.79 bits per heavy atom. The number of rotatable bonds is 12. The van der Waals surface area contributed by atoms with Crippen LogP contribution < -0.4 is 14.9 Å². The molecule has 1 N–H and O–H groups in total. The van der Waals surface area contributed by atoms with Crippen molar-refractivity contribution in [2.75, 3.05) is 27.4 Å². The van der Waals surface area contributed by atoms with Crippen LogP contribution in [0.3, 0.4) is 0 Å². The van der Waals surface area contributed by atoms with Crippen LogP contribution in [-0.4, -0.2) is 44.8 Å². The van der Waals surface area contributed by atoms with Gasteiger partial charge >= 0.3 is 0 Å². The number of fused-ring (bicyclic) bond motifs is 1. The highest BCUT2D eigenvalue weighted by atomic mass is 32.1. The second-order valence-corrected chi connectivity index (χ2v) is 8.09. The molecule has 0 atom stereocenters. The molecule has 0 fully saturated rings. The van der Waals surface area contributed by atoms with Crippen LogP contribution in [0.1, 0.15) is 42.1 Å². The first-order chi connectivity index (χ1) is 16.1. The lowest BCUT2D eigenvalue weighted by Crippen LogP contribution is -2.21. The molecule has 0 aliphatic carbocycles. The molecule has 0 saturated carbocycles. The third kappa shape index (κ3) is 6.40. The number of ketones is 1. The van der Waals surface area contributed by atoms with Gasteiger partial charge in [-0.15, -0.1) is 11.3 Å². The van der Waals surface area contributed by atoms with Crippen LogP contribution in [0.4, 0.5) is 0 Å². The number of hydrogen-bond donors (Lipinski definition) is 1. The summed E-state index contributed by atoms with van der Waals surface area (Å²) in [5.74, 6) is 0.536. The van der Waals surface area contributed by atoms with Crippen molar-refractivity contribution in [1.82, 2.24) is 5.43 Å². The van der Waals surface area contributed by atoms with Gasteiger partial charge in [0.05, 0.1) is 26.5 Å². The highest BCUT2D eigenvalue weighted by molar-refractivity contribution is 7.17. The van der Waals surface area contributed by atoms with Crippen molar-refractivity contribution in [3.05, 3.63) is 59.0 Å². The van der Waals surface area contributed by atoms with E-state index in [4.69, 9.17) is 14.2 Å². The summed E-state index contributed by atoms with van der Waals surface area (Å²) in [4.78, 5) is 25.0. The van der Waals surface area contributed by atoms with Gasteiger partial charge in [0.2, 0.25) is 5.91 Å². The molecule has 7 nitrogen and oxygen atoms in total. The van der Waals surface area contributed by atoms with Gasteiger partial charge in [-0.2, -0.15) is 5.10 Å². The molecule has 0 bridgehead atoms. The van der Waals surface area contributed by atoms with Gasteiger partial charge < -0.3 is 14.2 Å². The van der Waals surface area contributed by atoms with Gasteiger partial charge in [0.25, 0.3) is 0 Å². The number of amides is 1. The van der Waals surface area contributed by atoms with Crippen LogP contribution in [0.25, 0.3) is 10.1 Å². The summed E-state index contributed by atoms with van der Waals surface area (Å²) in [6.45, 7) is 3.06. The van der Waals surface area contributed by atoms with E-state index in [0.717, 1.165) is 21.4 Å². The van der Waals surface area contributed by atoms with Gasteiger partial charge in [0, 0.05) is 52.5 Å². The van der Waals surface area contributed by atoms with E-state index in [9.17, 15) is 9.59 Å². The standard InChI is InChI=1S/C25H28N2O5S/c1-4-32-14-13-20(19-16-33-24-8-6-5-7-18(19)24)26-27-25(29)12-10-21(28)17-9-11-22(30-2)23(15-17)31-3/h5-9,11,15-16H,4,10,12-14H2,1-3H3,(H,27,29)/b26-20+. The number of nitrogens with zero attached hydrogens (tertiary/aromatic N) is 1. The van der Waals surface area contributed by atoms with Gasteiger partial charge in [-0.1, -0.05) is 18.2 Å². The van der Waals surface area contributed by atoms with Crippen LogP contribution in [0.15, 0.2) is 52.9 Å². The van der Waals surface area contributed by atoms with E-state index in [0.29, 0.717) is 36.7 Å². The second-order valence-electron chi connectivity index (χ2n) is 7.18. The molecule has 1 heterocycles. The quantitative estimate of drug-likeness (QED) is 0.178. The summed E-state index contributed by atoms with van der Waals surface area (Å²) in [6.07, 6.45) is 0.658. The number of thiophene rings is 1. The molecule has 3 rings (SSSR count). The van der Waals surface area contributed by atoms with Gasteiger partial charge in [0.1, 0.15) is 0 Å². The van der Waals surface area contributed by atoms with E-state index >= 15 is 0 Å². The lowest BCUT2D eigenvalue weighted by molar-refractivity contribution is -0.121. The number of hydrogen-bond acceptors (Lipinski definition) is 7. The zero-order valence-corrected chi connectivity index (χ0v) is 19.9. The molecule has 0 aliphatic heterocycles. The molecule has 0 aliphatic rings. The van der Waals surface area contributed by atoms with E-state index in [-0.39, 0.29) is 24.5 Å². The minimum absolute atomic E-state index is 0.0276. The van der Waals surface area contributed by atoms with E-state index in [1.165, 1.54) is 14.2 Å². The Morgan fingerprint density at radius 3 is 2.55 bits per heavy atom. The Balaban J connectivity index is 1.65. The molecule has 0 saturated heterocycles. The Kier molecular flexibility index (Phi) is 8.97. The van der Waals surface area contributed by atoms with Crippen molar-refractivity contribution in [1.29, 1.82) is 0 Å². The molecule has 8 heteroatoms. The molecule has 0 unspecified atom stereocenters. The number of methoxy groups -OCH3 is 2. The maximum Gasteiger partial charge on any atom is 0.240 e. The first kappa shape index (κ1) is 24.4. The SMILES string of the molecule is CCOCC/C(=N\NC(=O)CCC(=O)c1ccc(OC)c(OC)c1)c1csc2ccccc12. The molecule has 1 amide bonds. The average Bonchev–Trinajstić information content (AvgIpc) is 3.28. The Bertz CT molecular complexity index is 1140. The van der Waals surface area contributed by atoms with E-state index in [1.54, 1.807) is 29.5 Å². The summed E-state index contributed by atoms with van der Waals surface area (Å²) in [7, 11) is 3.04. The van der Waals surface area contributed by atoms with Gasteiger partial charge in [-0.25, -0.2) is 5.43 Å². The molecule has 0 radical (unpaired) electrons. The number of ether oxygens (including phenoxy) is 3. The topological polar surface area (TPSA) is 86.2 Å². The molecule has 33 heavy (non-hydrogen) atoms. The van der Waals surface area contributed by atoms with Crippen LogP contribution in [0, 0.1) is 0 Å². The highest BCUT2D eigenvalue weighted by Gasteiger charge is 2.14. The summed E-state index contributed by atoms with van der Waals surface area (Å²) in [5.41, 5.74) is 4.81. The average molecular weight is 469 g/mol. The minimum Gasteiger partial charge on any atom is -0.493 e. The van der Waals surface area contributed by atoms with Crippen LogP contribution in [0.2, 0.25) is 0 Å². The number of Topliss-reactive ketones (excluding diaryl/α,β-unsaturated/α-hetero) is 1. The largest absolute Gasteiger partial charge is 0.493 e. The summed E-state index contributed by atoms with van der Waals surface area (Å²) in [5, 5.41) is 7.52. The van der Waals surface area contributed by atoms with Crippen LogP contribution >= 0.6 is 11.3 Å². The third-order valence-corrected chi connectivity index (χ3v) is 6.04. The van der Waals surface area contributed by atoms with Crippen molar-refractivity contribution >= 4 is 38.8 Å². The lowest BCUT2D eigenvalue weighted by Gasteiger charge is -2.09. The van der Waals surface area contributed by atoms with Crippen molar-refractivity contribution in [3.63, 3.8) is 0 Å². The number of carbonyl (C=O) groups is 2. The van der Waals surface area contributed by atoms with Crippen molar-refractivity contribution in [3.8, 4) is 11.5 Å². The van der Waals surface area contributed by atoms with Gasteiger partial charge in [-0.3, -0.25) is 9.59 Å². The van der Waals surface area contributed by atoms with Crippen LogP contribution in [0.5, 0.6) is 11.5 Å². The highest BCUT2D eigenvalue weighted by Crippen LogP contribution is 2.28.